The smallest absolute Gasteiger partial charge is 0.145 e. The van der Waals surface area contributed by atoms with Crippen LogP contribution in [0.5, 0.6) is 0 Å². The Balaban J connectivity index is 0.818. The van der Waals surface area contributed by atoms with Crippen LogP contribution in [-0.2, 0) is 0 Å². The van der Waals surface area contributed by atoms with Crippen LogP contribution in [0.15, 0.2) is 211 Å². The van der Waals surface area contributed by atoms with Gasteiger partial charge in [0.1, 0.15) is 17.7 Å². The van der Waals surface area contributed by atoms with Crippen LogP contribution in [0.1, 0.15) is 39.9 Å². The summed E-state index contributed by atoms with van der Waals surface area (Å²) in [6.45, 7) is 0. The Hall–Kier alpha value is -8.34. The number of anilines is 1. The average Bonchev–Trinajstić information content (AvgIpc) is 3.97. The quantitative estimate of drug-likeness (QED) is 0.124. The van der Waals surface area contributed by atoms with Gasteiger partial charge in [-0.3, -0.25) is 9.56 Å². The van der Waals surface area contributed by atoms with E-state index in [1.54, 1.807) is 0 Å². The van der Waals surface area contributed by atoms with Crippen molar-refractivity contribution in [1.29, 1.82) is 0 Å². The number of rotatable bonds is 6. The second-order valence-corrected chi connectivity index (χ2v) is 17.3. The number of para-hydroxylation sites is 2. The summed E-state index contributed by atoms with van der Waals surface area (Å²) >= 11 is 0. The number of nitrogens with zero attached hydrogens (tertiary/aromatic N) is 4. The number of aliphatic imine (C=N–C) groups is 1. The summed E-state index contributed by atoms with van der Waals surface area (Å²) in [5.74, 6) is 1.93. The first kappa shape index (κ1) is 35.3. The molecule has 0 saturated heterocycles. The lowest BCUT2D eigenvalue weighted by Crippen LogP contribution is -2.33. The predicted molar refractivity (Wildman–Crippen MR) is 268 cm³/mol. The lowest BCUT2D eigenvalue weighted by Gasteiger charge is -2.35. The van der Waals surface area contributed by atoms with E-state index in [1.165, 1.54) is 65.0 Å². The Morgan fingerprint density at radius 2 is 0.922 bits per heavy atom. The molecule has 14 rings (SSSR count). The second-order valence-electron chi connectivity index (χ2n) is 17.3. The van der Waals surface area contributed by atoms with Gasteiger partial charge in [-0.1, -0.05) is 194 Å². The van der Waals surface area contributed by atoms with Crippen LogP contribution in [0, 0.1) is 0 Å². The SMILES string of the molecule is C(=C\c1ccc(-c2nc3c4cccc5ccc6cccc(c6c54)c3n2-c2ccccc2)cc1)/c1ccc(C2=NC3c4cccc5ccc6cccc(c6c45)C3N2c2ccccc2)cc1. The lowest BCUT2D eigenvalue weighted by molar-refractivity contribution is 0.614. The van der Waals surface area contributed by atoms with Crippen molar-refractivity contribution in [3.8, 4) is 17.1 Å². The first-order chi connectivity index (χ1) is 31.7. The van der Waals surface area contributed by atoms with Gasteiger partial charge in [0.05, 0.1) is 17.1 Å². The molecule has 2 unspecified atom stereocenters. The van der Waals surface area contributed by atoms with Gasteiger partial charge in [-0.2, -0.15) is 0 Å². The predicted octanol–water partition coefficient (Wildman–Crippen LogP) is 15.1. The Bertz CT molecular complexity index is 3880. The summed E-state index contributed by atoms with van der Waals surface area (Å²) in [6, 6.07) is 74.9. The van der Waals surface area contributed by atoms with E-state index in [0.717, 1.165) is 56.3 Å². The number of imidazole rings is 1. The van der Waals surface area contributed by atoms with Crippen molar-refractivity contribution in [3.05, 3.63) is 234 Å². The molecule has 0 radical (unpaired) electrons. The molecule has 0 saturated carbocycles. The van der Waals surface area contributed by atoms with Gasteiger partial charge in [0.15, 0.2) is 0 Å². The van der Waals surface area contributed by atoms with E-state index in [0.29, 0.717) is 0 Å². The molecule has 0 amide bonds. The molecule has 0 bridgehead atoms. The van der Waals surface area contributed by atoms with Crippen molar-refractivity contribution in [3.63, 3.8) is 0 Å². The zero-order valence-corrected chi connectivity index (χ0v) is 34.7. The van der Waals surface area contributed by atoms with E-state index in [4.69, 9.17) is 9.98 Å². The molecule has 4 heteroatoms. The van der Waals surface area contributed by atoms with Crippen LogP contribution < -0.4 is 4.90 Å². The van der Waals surface area contributed by atoms with E-state index >= 15 is 0 Å². The number of amidine groups is 1. The Morgan fingerprint density at radius 1 is 0.406 bits per heavy atom. The highest BCUT2D eigenvalue weighted by Gasteiger charge is 2.43. The maximum Gasteiger partial charge on any atom is 0.145 e. The minimum atomic E-state index is -0.0156. The molecule has 298 valence electrons. The largest absolute Gasteiger partial charge is 0.316 e. The molecule has 2 atom stereocenters. The number of aromatic nitrogens is 2. The normalized spacial score (nSPS) is 15.8. The molecule has 4 nitrogen and oxygen atoms in total. The van der Waals surface area contributed by atoms with Crippen molar-refractivity contribution in [1.82, 2.24) is 9.55 Å². The van der Waals surface area contributed by atoms with Crippen molar-refractivity contribution in [2.75, 3.05) is 4.90 Å². The number of benzene rings is 11. The fourth-order valence-corrected chi connectivity index (χ4v) is 11.0. The standard InChI is InChI=1S/C60H38N4/c1-3-15-45(16-4-1)63-57-49-21-9-13-41-35-33-39-11-7-19-47(51(39)53(41)49)55(57)61-59(63)43-29-25-37(26-30-43)23-24-38-27-31-44(32-28-38)60-62-56-48-20-8-12-40-34-36-42-14-10-22-50(54(42)52(40)48)58(56)64(60)46-17-5-2-6-18-46/h1-36,55,57H/b24-23+. The van der Waals surface area contributed by atoms with Gasteiger partial charge in [0.2, 0.25) is 0 Å². The first-order valence-electron chi connectivity index (χ1n) is 22.1. The van der Waals surface area contributed by atoms with E-state index in [1.807, 2.05) is 0 Å². The highest BCUT2D eigenvalue weighted by atomic mass is 15.3. The molecular formula is C60H38N4. The van der Waals surface area contributed by atoms with Gasteiger partial charge in [0.25, 0.3) is 0 Å². The third-order valence-electron chi connectivity index (χ3n) is 13.8. The molecular weight excluding hydrogens is 777 g/mol. The van der Waals surface area contributed by atoms with E-state index in [2.05, 4.69) is 228 Å². The van der Waals surface area contributed by atoms with Gasteiger partial charge in [0, 0.05) is 33.3 Å². The van der Waals surface area contributed by atoms with Crippen LogP contribution in [0.2, 0.25) is 0 Å². The maximum absolute atomic E-state index is 5.60. The molecule has 0 spiro atoms. The average molecular weight is 815 g/mol. The second kappa shape index (κ2) is 13.6. The Kier molecular flexibility index (Phi) is 7.48. The fraction of sp³-hybridized carbons (Fsp3) is 0.0333. The topological polar surface area (TPSA) is 33.4 Å². The van der Waals surface area contributed by atoms with Gasteiger partial charge in [-0.25, -0.2) is 4.98 Å². The fourth-order valence-electron chi connectivity index (χ4n) is 11.0. The van der Waals surface area contributed by atoms with Gasteiger partial charge >= 0.3 is 0 Å². The molecule has 12 aromatic rings. The molecule has 1 aromatic heterocycles. The molecule has 64 heavy (non-hydrogen) atoms. The van der Waals surface area contributed by atoms with Crippen molar-refractivity contribution >= 4 is 88.6 Å². The Morgan fingerprint density at radius 3 is 1.56 bits per heavy atom. The summed E-state index contributed by atoms with van der Waals surface area (Å²) in [5.41, 5.74) is 11.5. The third-order valence-corrected chi connectivity index (χ3v) is 13.8. The molecule has 11 aromatic carbocycles. The number of hydrogen-bond donors (Lipinski definition) is 0. The van der Waals surface area contributed by atoms with E-state index < -0.39 is 0 Å². The van der Waals surface area contributed by atoms with Crippen molar-refractivity contribution < 1.29 is 0 Å². The molecule has 1 aliphatic heterocycles. The first-order valence-corrected chi connectivity index (χ1v) is 22.1. The minimum absolute atomic E-state index is 0.0156. The zero-order valence-electron chi connectivity index (χ0n) is 34.7. The molecule has 0 fully saturated rings. The lowest BCUT2D eigenvalue weighted by atomic mass is 9.80. The van der Waals surface area contributed by atoms with Crippen molar-refractivity contribution in [2.45, 2.75) is 12.1 Å². The summed E-state index contributed by atoms with van der Waals surface area (Å²) in [6.07, 6.45) is 4.39. The highest BCUT2D eigenvalue weighted by Crippen LogP contribution is 2.53. The van der Waals surface area contributed by atoms with Gasteiger partial charge in [-0.05, 0) is 89.6 Å². The zero-order chi connectivity index (χ0) is 41.9. The van der Waals surface area contributed by atoms with Crippen LogP contribution in [0.3, 0.4) is 0 Å². The monoisotopic (exact) mass is 814 g/mol. The van der Waals surface area contributed by atoms with E-state index in [9.17, 15) is 0 Å². The molecule has 1 aliphatic carbocycles. The van der Waals surface area contributed by atoms with Crippen LogP contribution in [-0.4, -0.2) is 15.4 Å². The van der Waals surface area contributed by atoms with Crippen LogP contribution >= 0.6 is 0 Å². The molecule has 0 N–H and O–H groups in total. The maximum atomic E-state index is 5.60. The van der Waals surface area contributed by atoms with Gasteiger partial charge < -0.3 is 4.90 Å². The Labute approximate surface area is 369 Å². The summed E-state index contributed by atoms with van der Waals surface area (Å²) < 4.78 is 2.35. The summed E-state index contributed by atoms with van der Waals surface area (Å²) in [4.78, 5) is 13.6. The molecule has 2 aliphatic rings. The number of hydrogen-bond acceptors (Lipinski definition) is 3. The summed E-state index contributed by atoms with van der Waals surface area (Å²) in [5, 5.41) is 12.7. The van der Waals surface area contributed by atoms with Crippen LogP contribution in [0.25, 0.3) is 94.1 Å². The van der Waals surface area contributed by atoms with Gasteiger partial charge in [-0.15, -0.1) is 0 Å². The van der Waals surface area contributed by atoms with Crippen LogP contribution in [0.4, 0.5) is 5.69 Å². The number of fused-ring (bicyclic) bond motifs is 6. The third kappa shape index (κ3) is 5.11. The molecule has 2 heterocycles. The van der Waals surface area contributed by atoms with E-state index in [-0.39, 0.29) is 12.1 Å². The minimum Gasteiger partial charge on any atom is -0.316 e. The highest BCUT2D eigenvalue weighted by molar-refractivity contribution is 6.33. The van der Waals surface area contributed by atoms with Crippen molar-refractivity contribution in [2.24, 2.45) is 4.99 Å². The summed E-state index contributed by atoms with van der Waals surface area (Å²) in [7, 11) is 0.